The molecule has 0 saturated carbocycles. The first-order valence-corrected chi connectivity index (χ1v) is 8.36. The zero-order valence-electron chi connectivity index (χ0n) is 10.7. The Hall–Kier alpha value is -0.580. The van der Waals surface area contributed by atoms with Crippen LogP contribution in [0.15, 0.2) is 18.2 Å². The minimum Gasteiger partial charge on any atom is -0.326 e. The number of nitrogens with two attached hydrogens (primary N) is 1. The van der Waals surface area contributed by atoms with Crippen molar-refractivity contribution in [1.82, 2.24) is 0 Å². The van der Waals surface area contributed by atoms with Crippen LogP contribution >= 0.6 is 11.6 Å². The number of rotatable bonds is 7. The van der Waals surface area contributed by atoms with Crippen molar-refractivity contribution in [1.29, 1.82) is 0 Å². The zero-order chi connectivity index (χ0) is 13.6. The summed E-state index contributed by atoms with van der Waals surface area (Å²) in [6.07, 6.45) is 2.68. The predicted octanol–water partition coefficient (Wildman–Crippen LogP) is 2.90. The Balaban J connectivity index is 2.72. The lowest BCUT2D eigenvalue weighted by Crippen LogP contribution is -2.10. The maximum Gasteiger partial charge on any atom is 0.154 e. The Morgan fingerprint density at radius 2 is 2.00 bits per heavy atom. The first-order chi connectivity index (χ1) is 8.48. The van der Waals surface area contributed by atoms with E-state index in [0.29, 0.717) is 17.1 Å². The van der Waals surface area contributed by atoms with Crippen LogP contribution < -0.4 is 5.73 Å². The van der Waals surface area contributed by atoms with Crippen molar-refractivity contribution in [2.75, 3.05) is 5.75 Å². The molecule has 5 heteroatoms. The van der Waals surface area contributed by atoms with Gasteiger partial charge in [-0.1, -0.05) is 43.5 Å². The van der Waals surface area contributed by atoms with Gasteiger partial charge in [0.25, 0.3) is 0 Å². The van der Waals surface area contributed by atoms with E-state index in [4.69, 9.17) is 17.3 Å². The Morgan fingerprint density at radius 3 is 2.56 bits per heavy atom. The largest absolute Gasteiger partial charge is 0.326 e. The van der Waals surface area contributed by atoms with Gasteiger partial charge in [0.2, 0.25) is 0 Å². The Morgan fingerprint density at radius 1 is 1.28 bits per heavy atom. The maximum absolute atomic E-state index is 11.9. The molecular formula is C13H20ClNO2S. The highest BCUT2D eigenvalue weighted by Gasteiger charge is 2.14. The van der Waals surface area contributed by atoms with Gasteiger partial charge in [0.15, 0.2) is 9.84 Å². The number of halogens is 1. The summed E-state index contributed by atoms with van der Waals surface area (Å²) in [6, 6.07) is 5.31. The van der Waals surface area contributed by atoms with Gasteiger partial charge in [-0.25, -0.2) is 8.42 Å². The van der Waals surface area contributed by atoms with E-state index in [2.05, 4.69) is 6.92 Å². The molecule has 102 valence electrons. The van der Waals surface area contributed by atoms with Gasteiger partial charge in [0.05, 0.1) is 11.5 Å². The molecule has 0 spiro atoms. The highest BCUT2D eigenvalue weighted by atomic mass is 35.5. The molecule has 0 amide bonds. The summed E-state index contributed by atoms with van der Waals surface area (Å²) in [5, 5.41) is 0.483. The Labute approximate surface area is 114 Å². The van der Waals surface area contributed by atoms with E-state index in [-0.39, 0.29) is 11.5 Å². The molecule has 0 aromatic heterocycles. The molecular weight excluding hydrogens is 270 g/mol. The number of benzene rings is 1. The summed E-state index contributed by atoms with van der Waals surface area (Å²) in [5.41, 5.74) is 7.07. The second-order valence-corrected chi connectivity index (χ2v) is 7.02. The second kappa shape index (κ2) is 7.12. The average Bonchev–Trinajstić information content (AvgIpc) is 2.31. The summed E-state index contributed by atoms with van der Waals surface area (Å²) in [4.78, 5) is 0. The highest BCUT2D eigenvalue weighted by Crippen LogP contribution is 2.20. The molecule has 1 aromatic rings. The van der Waals surface area contributed by atoms with E-state index in [9.17, 15) is 8.42 Å². The first-order valence-electron chi connectivity index (χ1n) is 6.16. The highest BCUT2D eigenvalue weighted by molar-refractivity contribution is 7.90. The van der Waals surface area contributed by atoms with Crippen molar-refractivity contribution in [3.8, 4) is 0 Å². The van der Waals surface area contributed by atoms with E-state index in [1.807, 2.05) is 6.07 Å². The fourth-order valence-corrected chi connectivity index (χ4v) is 3.58. The zero-order valence-corrected chi connectivity index (χ0v) is 12.2. The molecule has 18 heavy (non-hydrogen) atoms. The van der Waals surface area contributed by atoms with Crippen LogP contribution in [0, 0.1) is 0 Å². The average molecular weight is 290 g/mol. The second-order valence-electron chi connectivity index (χ2n) is 4.43. The number of unbranched alkanes of at least 4 members (excludes halogenated alkanes) is 2. The predicted molar refractivity (Wildman–Crippen MR) is 76.4 cm³/mol. The topological polar surface area (TPSA) is 60.2 Å². The van der Waals surface area contributed by atoms with Crippen molar-refractivity contribution in [2.45, 2.75) is 38.5 Å². The smallest absolute Gasteiger partial charge is 0.154 e. The summed E-state index contributed by atoms with van der Waals surface area (Å²) in [7, 11) is -3.06. The van der Waals surface area contributed by atoms with Crippen molar-refractivity contribution in [3.05, 3.63) is 34.3 Å². The van der Waals surface area contributed by atoms with Gasteiger partial charge in [-0.15, -0.1) is 0 Å². The molecule has 0 fully saturated rings. The minimum atomic E-state index is -3.06. The first kappa shape index (κ1) is 15.5. The fraction of sp³-hybridized carbons (Fsp3) is 0.538. The lowest BCUT2D eigenvalue weighted by Gasteiger charge is -2.07. The van der Waals surface area contributed by atoms with Gasteiger partial charge in [0.1, 0.15) is 0 Å². The van der Waals surface area contributed by atoms with E-state index >= 15 is 0 Å². The van der Waals surface area contributed by atoms with Crippen LogP contribution in [0.3, 0.4) is 0 Å². The van der Waals surface area contributed by atoms with Crippen LogP contribution in [0.4, 0.5) is 0 Å². The number of sulfone groups is 1. The van der Waals surface area contributed by atoms with Crippen LogP contribution in [0.5, 0.6) is 0 Å². The lowest BCUT2D eigenvalue weighted by atomic mass is 10.1. The van der Waals surface area contributed by atoms with Crippen molar-refractivity contribution in [2.24, 2.45) is 5.73 Å². The molecule has 0 heterocycles. The fourth-order valence-electron chi connectivity index (χ4n) is 1.72. The van der Waals surface area contributed by atoms with E-state index < -0.39 is 9.84 Å². The van der Waals surface area contributed by atoms with E-state index in [0.717, 1.165) is 24.8 Å². The molecule has 0 radical (unpaired) electrons. The van der Waals surface area contributed by atoms with Crippen LogP contribution in [0.2, 0.25) is 5.02 Å². The minimum absolute atomic E-state index is 0.0143. The van der Waals surface area contributed by atoms with Gasteiger partial charge in [-0.05, 0) is 23.6 Å². The summed E-state index contributed by atoms with van der Waals surface area (Å²) < 4.78 is 23.8. The van der Waals surface area contributed by atoms with Gasteiger partial charge in [-0.3, -0.25) is 0 Å². The van der Waals surface area contributed by atoms with Crippen LogP contribution in [-0.4, -0.2) is 14.2 Å². The molecule has 0 aliphatic rings. The standard InChI is InChI=1S/C13H20ClNO2S/c1-2-3-4-7-18(16,17)10-12-6-5-11(9-15)8-13(12)14/h5-6,8H,2-4,7,9-10,15H2,1H3. The molecule has 1 rings (SSSR count). The molecule has 3 nitrogen and oxygen atoms in total. The third-order valence-corrected chi connectivity index (χ3v) is 4.80. The van der Waals surface area contributed by atoms with Gasteiger partial charge < -0.3 is 5.73 Å². The molecule has 0 bridgehead atoms. The van der Waals surface area contributed by atoms with E-state index in [1.54, 1.807) is 12.1 Å². The number of hydrogen-bond donors (Lipinski definition) is 1. The molecule has 2 N–H and O–H groups in total. The monoisotopic (exact) mass is 289 g/mol. The quantitative estimate of drug-likeness (QED) is 0.785. The molecule has 0 atom stereocenters. The lowest BCUT2D eigenvalue weighted by molar-refractivity contribution is 0.590. The van der Waals surface area contributed by atoms with Gasteiger partial charge >= 0.3 is 0 Å². The Kier molecular flexibility index (Phi) is 6.12. The number of hydrogen-bond acceptors (Lipinski definition) is 3. The van der Waals surface area contributed by atoms with Crippen LogP contribution in [0.1, 0.15) is 37.3 Å². The van der Waals surface area contributed by atoms with Gasteiger partial charge in [-0.2, -0.15) is 0 Å². The van der Waals surface area contributed by atoms with Gasteiger partial charge in [0, 0.05) is 11.6 Å². The van der Waals surface area contributed by atoms with Crippen LogP contribution in [0.25, 0.3) is 0 Å². The third-order valence-electron chi connectivity index (χ3n) is 2.79. The summed E-state index contributed by atoms with van der Waals surface area (Å²) in [5.74, 6) is 0.246. The molecule has 0 unspecified atom stereocenters. The SMILES string of the molecule is CCCCCS(=O)(=O)Cc1ccc(CN)cc1Cl. The maximum atomic E-state index is 11.9. The molecule has 0 aliphatic carbocycles. The van der Waals surface area contributed by atoms with Crippen molar-refractivity contribution >= 4 is 21.4 Å². The molecule has 0 aliphatic heterocycles. The van der Waals surface area contributed by atoms with Crippen molar-refractivity contribution < 1.29 is 8.42 Å². The van der Waals surface area contributed by atoms with Crippen molar-refractivity contribution in [3.63, 3.8) is 0 Å². The normalized spacial score (nSPS) is 11.7. The molecule has 0 saturated heterocycles. The Bertz CT molecular complexity index is 486. The van der Waals surface area contributed by atoms with Crippen LogP contribution in [-0.2, 0) is 22.1 Å². The van der Waals surface area contributed by atoms with E-state index in [1.165, 1.54) is 0 Å². The summed E-state index contributed by atoms with van der Waals surface area (Å²) >= 11 is 6.06. The summed E-state index contributed by atoms with van der Waals surface area (Å²) in [6.45, 7) is 2.46. The molecule has 1 aromatic carbocycles. The third kappa shape index (κ3) is 4.96.